The highest BCUT2D eigenvalue weighted by Gasteiger charge is 2.49. The predicted molar refractivity (Wildman–Crippen MR) is 90.5 cm³/mol. The number of hydrogen-bond acceptors (Lipinski definition) is 3. The van der Waals surface area contributed by atoms with Crippen molar-refractivity contribution >= 4 is 28.7 Å². The van der Waals surface area contributed by atoms with Gasteiger partial charge in [0.05, 0.1) is 6.10 Å². The molecule has 0 radical (unpaired) electrons. The molecule has 4 rings (SSSR count). The number of nitrogens with one attached hydrogen (secondary N) is 1. The minimum Gasteiger partial charge on any atom is -0.491 e. The number of nitrogens with zero attached hydrogens (tertiary/aromatic N) is 2. The topological polar surface area (TPSA) is 64.6 Å². The lowest BCUT2D eigenvalue weighted by Crippen LogP contribution is -2.47. The molecule has 2 aromatic carbocycles. The summed E-state index contributed by atoms with van der Waals surface area (Å²) in [5, 5.41) is 0. The number of hydrogen-bond donors (Lipinski definition) is 0. The Morgan fingerprint density at radius 3 is 2.48 bits per heavy atom. The van der Waals surface area contributed by atoms with E-state index < -0.39 is 0 Å². The second-order valence-electron chi connectivity index (χ2n) is 6.11. The van der Waals surface area contributed by atoms with Crippen LogP contribution in [-0.4, -0.2) is 18.0 Å². The van der Waals surface area contributed by atoms with Gasteiger partial charge in [-0.15, -0.1) is 9.47 Å². The Kier molecular flexibility index (Phi) is 3.46. The number of rotatable bonds is 3. The monoisotopic (exact) mass is 335 g/mol. The van der Waals surface area contributed by atoms with Gasteiger partial charge in [-0.2, -0.15) is 4.79 Å². The maximum absolute atomic E-state index is 12.9. The lowest BCUT2D eigenvalue weighted by Gasteiger charge is -2.10. The molecule has 6 heteroatoms. The van der Waals surface area contributed by atoms with Crippen molar-refractivity contribution < 1.29 is 23.9 Å². The van der Waals surface area contributed by atoms with Gasteiger partial charge in [0, 0.05) is 6.07 Å². The summed E-state index contributed by atoms with van der Waals surface area (Å²) >= 11 is 0. The standard InChI is InChI=1S/C19H16N3O3/c1-12(2)25-14-9-7-13(8-10-14)21-18(23)17-11-20-15-5-3-4-6-16(15)22(17)19(21)24/h3-12H,1-2H3/q+1/p+1. The Hall–Kier alpha value is -3.28. The summed E-state index contributed by atoms with van der Waals surface area (Å²) in [7, 11) is 0. The van der Waals surface area contributed by atoms with Crippen molar-refractivity contribution in [3.63, 3.8) is 0 Å². The molecule has 0 bridgehead atoms. The first kappa shape index (κ1) is 15.3. The lowest BCUT2D eigenvalue weighted by atomic mass is 10.2. The Morgan fingerprint density at radius 1 is 1.04 bits per heavy atom. The van der Waals surface area contributed by atoms with E-state index in [9.17, 15) is 9.59 Å². The molecular formula is C19H17N3O3+2. The maximum Gasteiger partial charge on any atom is 0.512 e. The van der Waals surface area contributed by atoms with E-state index in [0.29, 0.717) is 22.6 Å². The molecule has 0 saturated heterocycles. The molecule has 2 amide bonds. The third kappa shape index (κ3) is 2.42. The van der Waals surface area contributed by atoms with Crippen LogP contribution in [0.5, 0.6) is 5.75 Å². The molecule has 3 aromatic rings. The summed E-state index contributed by atoms with van der Waals surface area (Å²) < 4.78 is 7.04. The molecule has 1 N–H and O–H groups in total. The molecule has 6 nitrogen and oxygen atoms in total. The summed E-state index contributed by atoms with van der Waals surface area (Å²) in [5.74, 6) is 0.339. The van der Waals surface area contributed by atoms with Crippen molar-refractivity contribution in [2.45, 2.75) is 20.0 Å². The number of carbonyl (C=O) groups is 2. The van der Waals surface area contributed by atoms with Crippen molar-refractivity contribution in [1.82, 2.24) is 0 Å². The minimum atomic E-state index is -0.386. The first-order valence-electron chi connectivity index (χ1n) is 8.07. The van der Waals surface area contributed by atoms with Gasteiger partial charge in [0.25, 0.3) is 11.2 Å². The molecule has 2 heterocycles. The number of aromatic nitrogens is 2. The molecule has 1 aliphatic heterocycles. The Balaban J connectivity index is 1.76. The average Bonchev–Trinajstić information content (AvgIpc) is 2.86. The summed E-state index contributed by atoms with van der Waals surface area (Å²) in [6.45, 7) is 3.88. The number of carbonyl (C=O) groups excluding carboxylic acids is 2. The molecule has 124 valence electrons. The largest absolute Gasteiger partial charge is 0.512 e. The zero-order valence-electron chi connectivity index (χ0n) is 13.9. The number of ether oxygens (including phenoxy) is 1. The van der Waals surface area contributed by atoms with Crippen molar-refractivity contribution in [2.24, 2.45) is 0 Å². The number of aromatic amines is 1. The van der Waals surface area contributed by atoms with Crippen LogP contribution in [0.2, 0.25) is 0 Å². The van der Waals surface area contributed by atoms with E-state index in [4.69, 9.17) is 4.74 Å². The zero-order valence-corrected chi connectivity index (χ0v) is 13.9. The van der Waals surface area contributed by atoms with Crippen LogP contribution < -0.4 is 19.2 Å². The van der Waals surface area contributed by atoms with E-state index >= 15 is 0 Å². The quantitative estimate of drug-likeness (QED) is 0.690. The van der Waals surface area contributed by atoms with Gasteiger partial charge in [-0.25, -0.2) is 9.78 Å². The van der Waals surface area contributed by atoms with Gasteiger partial charge in [0.1, 0.15) is 11.4 Å². The lowest BCUT2D eigenvalue weighted by molar-refractivity contribution is -0.551. The SMILES string of the molecule is CC(C)Oc1ccc(N2C(=O)c3c[nH+]c4ccccc4[n+]3C2=O)cc1. The summed E-state index contributed by atoms with van der Waals surface area (Å²) in [6, 6.07) is 13.9. The first-order valence-corrected chi connectivity index (χ1v) is 8.07. The van der Waals surface area contributed by atoms with Gasteiger partial charge in [0.2, 0.25) is 11.7 Å². The summed E-state index contributed by atoms with van der Waals surface area (Å²) in [5.41, 5.74) is 2.28. The van der Waals surface area contributed by atoms with Crippen LogP contribution in [0.25, 0.3) is 11.0 Å². The molecule has 0 fully saturated rings. The second-order valence-corrected chi connectivity index (χ2v) is 6.11. The normalized spacial score (nSPS) is 13.6. The van der Waals surface area contributed by atoms with Crippen LogP contribution in [0.15, 0.2) is 54.7 Å². The van der Waals surface area contributed by atoms with Crippen LogP contribution >= 0.6 is 0 Å². The third-order valence-electron chi connectivity index (χ3n) is 4.02. The third-order valence-corrected chi connectivity index (χ3v) is 4.02. The Bertz CT molecular complexity index is 996. The summed E-state index contributed by atoms with van der Waals surface area (Å²) in [6.07, 6.45) is 1.63. The molecule has 0 aliphatic carbocycles. The smallest absolute Gasteiger partial charge is 0.491 e. The minimum absolute atomic E-state index is 0.0580. The number of para-hydroxylation sites is 2. The molecule has 1 aromatic heterocycles. The second kappa shape index (κ2) is 5.66. The van der Waals surface area contributed by atoms with Crippen LogP contribution in [0.1, 0.15) is 24.3 Å². The van der Waals surface area contributed by atoms with Gasteiger partial charge >= 0.3 is 11.9 Å². The maximum atomic E-state index is 12.9. The fourth-order valence-corrected chi connectivity index (χ4v) is 2.97. The van der Waals surface area contributed by atoms with E-state index in [1.54, 1.807) is 30.5 Å². The average molecular weight is 335 g/mol. The summed E-state index contributed by atoms with van der Waals surface area (Å²) in [4.78, 5) is 29.9. The molecule has 1 aliphatic rings. The van der Waals surface area contributed by atoms with Gasteiger partial charge in [-0.1, -0.05) is 12.1 Å². The van der Waals surface area contributed by atoms with Gasteiger partial charge < -0.3 is 4.74 Å². The van der Waals surface area contributed by atoms with Crippen LogP contribution in [0, 0.1) is 0 Å². The number of benzene rings is 2. The van der Waals surface area contributed by atoms with Gasteiger partial charge in [0.15, 0.2) is 0 Å². The molecule has 0 atom stereocenters. The number of anilines is 1. The van der Waals surface area contributed by atoms with E-state index in [1.807, 2.05) is 38.1 Å². The Labute approximate surface area is 144 Å². The fourth-order valence-electron chi connectivity index (χ4n) is 2.97. The Morgan fingerprint density at radius 2 is 1.76 bits per heavy atom. The highest BCUT2D eigenvalue weighted by molar-refractivity contribution is 6.21. The molecule has 25 heavy (non-hydrogen) atoms. The van der Waals surface area contributed by atoms with E-state index in [0.717, 1.165) is 5.52 Å². The number of H-pyrrole nitrogens is 1. The predicted octanol–water partition coefficient (Wildman–Crippen LogP) is 2.36. The number of imide groups is 1. The number of amides is 2. The van der Waals surface area contributed by atoms with Crippen molar-refractivity contribution in [3.05, 3.63) is 60.4 Å². The van der Waals surface area contributed by atoms with Crippen LogP contribution in [-0.2, 0) is 0 Å². The molecule has 0 saturated carbocycles. The van der Waals surface area contributed by atoms with Crippen molar-refractivity contribution in [1.29, 1.82) is 0 Å². The molecule has 0 spiro atoms. The van der Waals surface area contributed by atoms with E-state index in [2.05, 4.69) is 4.98 Å². The van der Waals surface area contributed by atoms with Crippen molar-refractivity contribution in [2.75, 3.05) is 4.90 Å². The highest BCUT2D eigenvalue weighted by atomic mass is 16.5. The van der Waals surface area contributed by atoms with Crippen LogP contribution in [0.4, 0.5) is 10.5 Å². The van der Waals surface area contributed by atoms with Crippen LogP contribution in [0.3, 0.4) is 0 Å². The van der Waals surface area contributed by atoms with Gasteiger partial charge in [-0.3, -0.25) is 0 Å². The molecular weight excluding hydrogens is 318 g/mol. The fraction of sp³-hybridized carbons (Fsp3) is 0.158. The zero-order chi connectivity index (χ0) is 17.6. The van der Waals surface area contributed by atoms with Crippen molar-refractivity contribution in [3.8, 4) is 5.75 Å². The van der Waals surface area contributed by atoms with Gasteiger partial charge in [-0.05, 0) is 44.2 Å². The molecule has 0 unspecified atom stereocenters. The first-order chi connectivity index (χ1) is 12.1. The van der Waals surface area contributed by atoms with E-state index in [1.165, 1.54) is 9.47 Å². The highest BCUT2D eigenvalue weighted by Crippen LogP contribution is 2.24. The van der Waals surface area contributed by atoms with E-state index in [-0.39, 0.29) is 18.0 Å². The number of fused-ring (bicyclic) bond motifs is 3.